The van der Waals surface area contributed by atoms with E-state index in [0.717, 1.165) is 18.6 Å². The van der Waals surface area contributed by atoms with Gasteiger partial charge < -0.3 is 20.2 Å². The van der Waals surface area contributed by atoms with Crippen LogP contribution in [0.3, 0.4) is 0 Å². The normalized spacial score (nSPS) is 13.1. The van der Waals surface area contributed by atoms with Gasteiger partial charge in [-0.1, -0.05) is 13.0 Å². The zero-order valence-corrected chi connectivity index (χ0v) is 11.4. The largest absolute Gasteiger partial charge is 0.469 e. The van der Waals surface area contributed by atoms with Gasteiger partial charge in [0.05, 0.1) is 18.9 Å². The van der Waals surface area contributed by atoms with Crippen molar-refractivity contribution in [2.75, 3.05) is 19.7 Å². The minimum Gasteiger partial charge on any atom is -0.469 e. The number of aliphatic hydroxyl groups is 1. The molecule has 1 aromatic heterocycles. The third kappa shape index (κ3) is 6.10. The molecule has 0 aliphatic rings. The lowest BCUT2D eigenvalue weighted by Gasteiger charge is -2.18. The predicted molar refractivity (Wildman–Crippen MR) is 77.2 cm³/mol. The van der Waals surface area contributed by atoms with E-state index in [4.69, 9.17) is 4.42 Å². The van der Waals surface area contributed by atoms with Crippen LogP contribution in [0.2, 0.25) is 0 Å². The summed E-state index contributed by atoms with van der Waals surface area (Å²) in [7, 11) is 0. The maximum Gasteiger partial charge on any atom is 0.191 e. The summed E-state index contributed by atoms with van der Waals surface area (Å²) in [5.41, 5.74) is 0. The standard InChI is InChI=1S/C14H23N3O2/c1-3-8-15-14(17-12(4-2)11-18)16-9-7-13-6-5-10-19-13/h3,5-6,10,12,18H,1,4,7-9,11H2,2H3,(H2,15,16,17)/t12-/m1/s1. The van der Waals surface area contributed by atoms with Crippen LogP contribution in [0.15, 0.2) is 40.5 Å². The molecule has 0 saturated heterocycles. The van der Waals surface area contributed by atoms with Crippen molar-refractivity contribution in [3.05, 3.63) is 36.8 Å². The molecule has 0 unspecified atom stereocenters. The molecule has 3 N–H and O–H groups in total. The highest BCUT2D eigenvalue weighted by Crippen LogP contribution is 2.00. The van der Waals surface area contributed by atoms with Gasteiger partial charge in [0.2, 0.25) is 0 Å². The van der Waals surface area contributed by atoms with Gasteiger partial charge in [0.15, 0.2) is 5.96 Å². The van der Waals surface area contributed by atoms with Crippen LogP contribution in [-0.2, 0) is 6.42 Å². The fourth-order valence-electron chi connectivity index (χ4n) is 1.52. The Kier molecular flexibility index (Phi) is 7.43. The number of hydrogen-bond acceptors (Lipinski definition) is 3. The minimum absolute atomic E-state index is 0.0136. The molecule has 0 spiro atoms. The van der Waals surface area contributed by atoms with Crippen LogP contribution in [0.4, 0.5) is 0 Å². The lowest BCUT2D eigenvalue weighted by atomic mass is 10.2. The quantitative estimate of drug-likeness (QED) is 0.376. The summed E-state index contributed by atoms with van der Waals surface area (Å²) in [6, 6.07) is 3.81. The smallest absolute Gasteiger partial charge is 0.191 e. The van der Waals surface area contributed by atoms with Gasteiger partial charge in [0, 0.05) is 19.5 Å². The third-order valence-electron chi connectivity index (χ3n) is 2.68. The van der Waals surface area contributed by atoms with Crippen molar-refractivity contribution in [3.8, 4) is 0 Å². The molecular formula is C14H23N3O2. The Labute approximate surface area is 114 Å². The first-order valence-corrected chi connectivity index (χ1v) is 6.59. The molecule has 1 rings (SSSR count). The molecule has 0 amide bonds. The van der Waals surface area contributed by atoms with Gasteiger partial charge in [0.1, 0.15) is 5.76 Å². The van der Waals surface area contributed by atoms with Gasteiger partial charge in [-0.25, -0.2) is 0 Å². The molecule has 0 aliphatic carbocycles. The van der Waals surface area contributed by atoms with Crippen molar-refractivity contribution in [2.24, 2.45) is 4.99 Å². The Morgan fingerprint density at radius 3 is 3.05 bits per heavy atom. The average molecular weight is 265 g/mol. The zero-order chi connectivity index (χ0) is 13.9. The second kappa shape index (κ2) is 9.22. The second-order valence-corrected chi connectivity index (χ2v) is 4.16. The summed E-state index contributed by atoms with van der Waals surface area (Å²) in [4.78, 5) is 4.45. The van der Waals surface area contributed by atoms with Gasteiger partial charge in [-0.05, 0) is 18.6 Å². The Hall–Kier alpha value is -1.75. The van der Waals surface area contributed by atoms with Crippen LogP contribution in [0.25, 0.3) is 0 Å². The van der Waals surface area contributed by atoms with Gasteiger partial charge in [0.25, 0.3) is 0 Å². The van der Waals surface area contributed by atoms with Gasteiger partial charge in [-0.15, -0.1) is 6.58 Å². The zero-order valence-electron chi connectivity index (χ0n) is 11.4. The van der Waals surface area contributed by atoms with Crippen molar-refractivity contribution >= 4 is 5.96 Å². The molecule has 0 aliphatic heterocycles. The number of nitrogens with one attached hydrogen (secondary N) is 2. The van der Waals surface area contributed by atoms with E-state index in [1.54, 1.807) is 12.3 Å². The van der Waals surface area contributed by atoms with Crippen molar-refractivity contribution in [1.29, 1.82) is 0 Å². The maximum absolute atomic E-state index is 9.20. The summed E-state index contributed by atoms with van der Waals surface area (Å²) in [6.45, 7) is 7.03. The van der Waals surface area contributed by atoms with Crippen LogP contribution in [-0.4, -0.2) is 36.8 Å². The molecule has 0 radical (unpaired) electrons. The molecule has 1 aromatic rings. The van der Waals surface area contributed by atoms with Crippen LogP contribution in [0.1, 0.15) is 19.1 Å². The topological polar surface area (TPSA) is 69.8 Å². The lowest BCUT2D eigenvalue weighted by Crippen LogP contribution is -2.45. The van der Waals surface area contributed by atoms with Crippen molar-refractivity contribution in [3.63, 3.8) is 0 Å². The number of hydrogen-bond donors (Lipinski definition) is 3. The number of furan rings is 1. The number of guanidine groups is 1. The number of aliphatic imine (C=N–C) groups is 1. The molecule has 1 heterocycles. The van der Waals surface area contributed by atoms with Crippen LogP contribution in [0.5, 0.6) is 0 Å². The molecular weight excluding hydrogens is 242 g/mol. The Bertz CT molecular complexity index is 370. The summed E-state index contributed by atoms with van der Waals surface area (Å²) < 4.78 is 5.25. The summed E-state index contributed by atoms with van der Waals surface area (Å²) in [6.07, 6.45) is 5.02. The molecule has 5 nitrogen and oxygen atoms in total. The highest BCUT2D eigenvalue weighted by atomic mass is 16.3. The van der Waals surface area contributed by atoms with Crippen LogP contribution >= 0.6 is 0 Å². The summed E-state index contributed by atoms with van der Waals surface area (Å²) in [5.74, 6) is 1.60. The number of rotatable bonds is 8. The maximum atomic E-state index is 9.20. The van der Waals surface area contributed by atoms with E-state index in [1.165, 1.54) is 0 Å². The first-order chi connectivity index (χ1) is 9.30. The lowest BCUT2D eigenvalue weighted by molar-refractivity contribution is 0.252. The average Bonchev–Trinajstić information content (AvgIpc) is 2.94. The van der Waals surface area contributed by atoms with Crippen molar-refractivity contribution in [1.82, 2.24) is 10.6 Å². The molecule has 106 valence electrons. The van der Waals surface area contributed by atoms with E-state index >= 15 is 0 Å². The second-order valence-electron chi connectivity index (χ2n) is 4.16. The van der Waals surface area contributed by atoms with E-state index in [-0.39, 0.29) is 12.6 Å². The SMILES string of the molecule is C=CCNC(=NCCc1ccco1)N[C@H](CC)CO. The molecule has 0 saturated carbocycles. The highest BCUT2D eigenvalue weighted by Gasteiger charge is 2.06. The van der Waals surface area contributed by atoms with Crippen LogP contribution in [0, 0.1) is 0 Å². The minimum atomic E-state index is 0.0136. The van der Waals surface area contributed by atoms with Gasteiger partial charge >= 0.3 is 0 Å². The van der Waals surface area contributed by atoms with E-state index in [1.807, 2.05) is 19.1 Å². The number of aliphatic hydroxyl groups excluding tert-OH is 1. The molecule has 19 heavy (non-hydrogen) atoms. The van der Waals surface area contributed by atoms with Gasteiger partial charge in [-0.2, -0.15) is 0 Å². The molecule has 0 bridgehead atoms. The molecule has 1 atom stereocenters. The Morgan fingerprint density at radius 1 is 1.63 bits per heavy atom. The molecule has 5 heteroatoms. The van der Waals surface area contributed by atoms with Crippen molar-refractivity contribution in [2.45, 2.75) is 25.8 Å². The fourth-order valence-corrected chi connectivity index (χ4v) is 1.52. The fraction of sp³-hybridized carbons (Fsp3) is 0.500. The van der Waals surface area contributed by atoms with Crippen LogP contribution < -0.4 is 10.6 Å². The summed E-state index contributed by atoms with van der Waals surface area (Å²) >= 11 is 0. The summed E-state index contributed by atoms with van der Waals surface area (Å²) in [5, 5.41) is 15.5. The van der Waals surface area contributed by atoms with E-state index < -0.39 is 0 Å². The van der Waals surface area contributed by atoms with Crippen molar-refractivity contribution < 1.29 is 9.52 Å². The first kappa shape index (κ1) is 15.3. The highest BCUT2D eigenvalue weighted by molar-refractivity contribution is 5.80. The van der Waals surface area contributed by atoms with E-state index in [0.29, 0.717) is 19.0 Å². The monoisotopic (exact) mass is 265 g/mol. The third-order valence-corrected chi connectivity index (χ3v) is 2.68. The number of nitrogens with zero attached hydrogens (tertiary/aromatic N) is 1. The Balaban J connectivity index is 2.48. The molecule has 0 fully saturated rings. The van der Waals surface area contributed by atoms with E-state index in [9.17, 15) is 5.11 Å². The molecule has 0 aromatic carbocycles. The van der Waals surface area contributed by atoms with Gasteiger partial charge in [-0.3, -0.25) is 4.99 Å². The Morgan fingerprint density at radius 2 is 2.47 bits per heavy atom. The van der Waals surface area contributed by atoms with E-state index in [2.05, 4.69) is 22.2 Å². The predicted octanol–water partition coefficient (Wildman–Crippen LogP) is 1.31. The first-order valence-electron chi connectivity index (χ1n) is 6.59.